The second kappa shape index (κ2) is 6.66. The highest BCUT2D eigenvalue weighted by atomic mass is 32.1. The molecule has 0 aliphatic rings. The average molecular weight is 325 g/mol. The Morgan fingerprint density at radius 3 is 2.52 bits per heavy atom. The maximum Gasteiger partial charge on any atom is 0.267 e. The lowest BCUT2D eigenvalue weighted by Gasteiger charge is -1.99. The summed E-state index contributed by atoms with van der Waals surface area (Å²) in [7, 11) is 0. The second-order valence-corrected chi connectivity index (χ2v) is 6.54. The van der Waals surface area contributed by atoms with Crippen LogP contribution in [0.25, 0.3) is 0 Å². The van der Waals surface area contributed by atoms with E-state index in [9.17, 15) is 9.59 Å². The predicted molar refractivity (Wildman–Crippen MR) is 87.7 cm³/mol. The average Bonchev–Trinajstić information content (AvgIpc) is 3.21. The van der Waals surface area contributed by atoms with Gasteiger partial charge in [0.1, 0.15) is 6.33 Å². The summed E-state index contributed by atoms with van der Waals surface area (Å²) in [4.78, 5) is 29.6. The maximum absolute atomic E-state index is 12.0. The molecule has 2 heterocycles. The highest BCUT2D eigenvalue weighted by Gasteiger charge is 2.20. The lowest BCUT2D eigenvalue weighted by atomic mass is 10.1. The van der Waals surface area contributed by atoms with Crippen molar-refractivity contribution in [1.82, 2.24) is 15.2 Å². The summed E-state index contributed by atoms with van der Waals surface area (Å²) in [6.45, 7) is 2.06. The molecule has 1 aromatic carbocycles. The van der Waals surface area contributed by atoms with Gasteiger partial charge in [0.2, 0.25) is 11.6 Å². The van der Waals surface area contributed by atoms with Gasteiger partial charge in [0.05, 0.1) is 0 Å². The molecule has 0 radical (unpaired) electrons. The molecule has 3 rings (SSSR count). The number of Topliss-reactive ketones (excluding diaryl/α,β-unsaturated/α-hetero) is 2. The summed E-state index contributed by atoms with van der Waals surface area (Å²) in [6, 6.07) is 12.3. The summed E-state index contributed by atoms with van der Waals surface area (Å²) in [6.07, 6.45) is 2.20. The van der Waals surface area contributed by atoms with Crippen molar-refractivity contribution < 1.29 is 9.59 Å². The van der Waals surface area contributed by atoms with Crippen LogP contribution in [-0.4, -0.2) is 26.7 Å². The normalized spacial score (nSPS) is 10.7. The molecule has 3 aromatic rings. The molecule has 116 valence electrons. The Kier molecular flexibility index (Phi) is 4.43. The number of rotatable bonds is 6. The van der Waals surface area contributed by atoms with Gasteiger partial charge in [0.15, 0.2) is 0 Å². The van der Waals surface area contributed by atoms with Crippen LogP contribution in [0.4, 0.5) is 0 Å². The van der Waals surface area contributed by atoms with E-state index < -0.39 is 11.6 Å². The van der Waals surface area contributed by atoms with Gasteiger partial charge in [-0.05, 0) is 24.6 Å². The molecule has 2 aromatic heterocycles. The third-order valence-corrected chi connectivity index (χ3v) is 4.51. The molecule has 0 atom stereocenters. The summed E-state index contributed by atoms with van der Waals surface area (Å²) in [5, 5.41) is 6.08. The van der Waals surface area contributed by atoms with Gasteiger partial charge < -0.3 is 0 Å². The highest BCUT2D eigenvalue weighted by Crippen LogP contribution is 2.21. The Hall–Kier alpha value is -2.60. The van der Waals surface area contributed by atoms with Crippen LogP contribution in [0.5, 0.6) is 0 Å². The standard InChI is InChI=1S/C17H15N3O2S/c1-11-2-4-12(5-3-11)8-13-6-7-14(23-13)9-15(21)16(22)17-18-10-19-20-17/h2-7,10H,8-9H2,1H3,(H,18,19,20). The minimum absolute atomic E-state index is 0.0774. The number of carbonyl (C=O) groups is 2. The number of hydrogen-bond donors (Lipinski definition) is 1. The Bertz CT molecular complexity index is 820. The van der Waals surface area contributed by atoms with Gasteiger partial charge in [-0.3, -0.25) is 14.7 Å². The fourth-order valence-electron chi connectivity index (χ4n) is 2.20. The van der Waals surface area contributed by atoms with Crippen LogP contribution in [0.15, 0.2) is 42.7 Å². The molecular weight excluding hydrogens is 310 g/mol. The Labute approximate surface area is 137 Å². The van der Waals surface area contributed by atoms with Crippen molar-refractivity contribution in [3.8, 4) is 0 Å². The lowest BCUT2D eigenvalue weighted by molar-refractivity contribution is -0.114. The zero-order valence-corrected chi connectivity index (χ0v) is 13.4. The summed E-state index contributed by atoms with van der Waals surface area (Å²) in [5.41, 5.74) is 2.46. The molecule has 0 aliphatic heterocycles. The van der Waals surface area contributed by atoms with Crippen LogP contribution in [0.1, 0.15) is 31.5 Å². The highest BCUT2D eigenvalue weighted by molar-refractivity contribution is 7.12. The van der Waals surface area contributed by atoms with Crippen LogP contribution < -0.4 is 0 Å². The molecule has 0 saturated carbocycles. The van der Waals surface area contributed by atoms with Crippen molar-refractivity contribution in [3.05, 3.63) is 69.4 Å². The van der Waals surface area contributed by atoms with Gasteiger partial charge in [-0.25, -0.2) is 4.98 Å². The molecule has 6 heteroatoms. The molecule has 0 saturated heterocycles. The van der Waals surface area contributed by atoms with Crippen molar-refractivity contribution in [2.75, 3.05) is 0 Å². The lowest BCUT2D eigenvalue weighted by Crippen LogP contribution is -2.17. The van der Waals surface area contributed by atoms with Crippen LogP contribution in [0, 0.1) is 6.92 Å². The fraction of sp³-hybridized carbons (Fsp3) is 0.176. The third-order valence-electron chi connectivity index (χ3n) is 3.42. The van der Waals surface area contributed by atoms with Gasteiger partial charge in [-0.15, -0.1) is 16.4 Å². The van der Waals surface area contributed by atoms with E-state index in [1.54, 1.807) is 11.3 Å². The quantitative estimate of drug-likeness (QED) is 0.558. The van der Waals surface area contributed by atoms with E-state index in [1.807, 2.05) is 12.1 Å². The Balaban J connectivity index is 1.64. The van der Waals surface area contributed by atoms with Crippen LogP contribution in [-0.2, 0) is 17.6 Å². The minimum Gasteiger partial charge on any atom is -0.290 e. The first-order valence-corrected chi connectivity index (χ1v) is 8.00. The van der Waals surface area contributed by atoms with E-state index in [1.165, 1.54) is 22.3 Å². The predicted octanol–water partition coefficient (Wildman–Crippen LogP) is 2.76. The van der Waals surface area contributed by atoms with Gasteiger partial charge >= 0.3 is 0 Å². The van der Waals surface area contributed by atoms with Gasteiger partial charge in [-0.2, -0.15) is 0 Å². The zero-order valence-electron chi connectivity index (χ0n) is 12.6. The van der Waals surface area contributed by atoms with E-state index in [0.717, 1.165) is 11.3 Å². The summed E-state index contributed by atoms with van der Waals surface area (Å²) >= 11 is 1.55. The zero-order chi connectivity index (χ0) is 16.2. The number of H-pyrrole nitrogens is 1. The summed E-state index contributed by atoms with van der Waals surface area (Å²) in [5.74, 6) is -1.22. The maximum atomic E-state index is 12.0. The van der Waals surface area contributed by atoms with Crippen molar-refractivity contribution in [2.24, 2.45) is 0 Å². The van der Waals surface area contributed by atoms with E-state index in [4.69, 9.17) is 0 Å². The number of carbonyl (C=O) groups excluding carboxylic acids is 2. The number of aromatic nitrogens is 3. The van der Waals surface area contributed by atoms with Crippen LogP contribution in [0.2, 0.25) is 0 Å². The number of thiophene rings is 1. The van der Waals surface area contributed by atoms with Crippen molar-refractivity contribution in [2.45, 2.75) is 19.8 Å². The molecule has 0 aliphatic carbocycles. The van der Waals surface area contributed by atoms with Crippen molar-refractivity contribution in [3.63, 3.8) is 0 Å². The number of hydrogen-bond acceptors (Lipinski definition) is 5. The van der Waals surface area contributed by atoms with Crippen molar-refractivity contribution >= 4 is 22.9 Å². The SMILES string of the molecule is Cc1ccc(Cc2ccc(CC(=O)C(=O)c3nc[nH]n3)s2)cc1. The third kappa shape index (κ3) is 3.78. The number of ketones is 2. The van der Waals surface area contributed by atoms with E-state index in [0.29, 0.717) is 0 Å². The monoisotopic (exact) mass is 325 g/mol. The molecule has 0 bridgehead atoms. The second-order valence-electron chi connectivity index (χ2n) is 5.28. The molecule has 0 amide bonds. The molecule has 23 heavy (non-hydrogen) atoms. The number of aromatic amines is 1. The van der Waals surface area contributed by atoms with Gasteiger partial charge in [0.25, 0.3) is 5.78 Å². The molecule has 5 nitrogen and oxygen atoms in total. The van der Waals surface area contributed by atoms with Gasteiger partial charge in [0, 0.05) is 22.6 Å². The number of nitrogens with one attached hydrogen (secondary N) is 1. The Morgan fingerprint density at radius 2 is 1.83 bits per heavy atom. The molecule has 1 N–H and O–H groups in total. The number of aryl methyl sites for hydroxylation is 1. The van der Waals surface area contributed by atoms with Crippen LogP contribution >= 0.6 is 11.3 Å². The largest absolute Gasteiger partial charge is 0.290 e. The van der Waals surface area contributed by atoms with Crippen LogP contribution in [0.3, 0.4) is 0 Å². The molecular formula is C17H15N3O2S. The van der Waals surface area contributed by atoms with E-state index in [2.05, 4.69) is 46.4 Å². The minimum atomic E-state index is -0.653. The first kappa shape index (κ1) is 15.3. The molecule has 0 spiro atoms. The topological polar surface area (TPSA) is 75.7 Å². The smallest absolute Gasteiger partial charge is 0.267 e. The Morgan fingerprint density at radius 1 is 1.09 bits per heavy atom. The number of nitrogens with zero attached hydrogens (tertiary/aromatic N) is 2. The van der Waals surface area contributed by atoms with Gasteiger partial charge in [-0.1, -0.05) is 29.8 Å². The first-order chi connectivity index (χ1) is 11.1. The first-order valence-electron chi connectivity index (χ1n) is 7.18. The fourth-order valence-corrected chi connectivity index (χ4v) is 3.25. The van der Waals surface area contributed by atoms with E-state index in [-0.39, 0.29) is 12.2 Å². The van der Waals surface area contributed by atoms with E-state index >= 15 is 0 Å². The molecule has 0 unspecified atom stereocenters. The van der Waals surface area contributed by atoms with Crippen molar-refractivity contribution in [1.29, 1.82) is 0 Å². The molecule has 0 fully saturated rings. The number of benzene rings is 1. The summed E-state index contributed by atoms with van der Waals surface area (Å²) < 4.78 is 0.